The molecule has 46 heavy (non-hydrogen) atoms. The normalized spacial score (nSPS) is 23.2. The van der Waals surface area contributed by atoms with Crippen LogP contribution in [0.15, 0.2) is 54.9 Å². The SMILES string of the molecule is COc1ccc([C@H]2CC[C@H](CN(c3cccc(-c4cnn(C5CC5)c4)c3)C(=O)[C@H]3CC[C@H](OC(=O)NC(C)C)CC3)CC2)cc1C. The number of hydrogen-bond donors (Lipinski definition) is 1. The molecule has 8 heteroatoms. The second-order valence-corrected chi connectivity index (χ2v) is 14.1. The topological polar surface area (TPSA) is 85.7 Å². The summed E-state index contributed by atoms with van der Waals surface area (Å²) < 4.78 is 13.2. The molecule has 3 aromatic rings. The molecule has 0 atom stereocenters. The molecule has 1 aromatic heterocycles. The maximum Gasteiger partial charge on any atom is 0.407 e. The zero-order valence-corrected chi connectivity index (χ0v) is 27.9. The lowest BCUT2D eigenvalue weighted by Gasteiger charge is -2.36. The van der Waals surface area contributed by atoms with Crippen LogP contribution in [0.5, 0.6) is 5.75 Å². The van der Waals surface area contributed by atoms with Crippen molar-refractivity contribution in [3.05, 3.63) is 66.0 Å². The zero-order valence-electron chi connectivity index (χ0n) is 27.9. The third-order valence-corrected chi connectivity index (χ3v) is 10.2. The molecule has 3 saturated carbocycles. The van der Waals surface area contributed by atoms with Crippen molar-refractivity contribution < 1.29 is 19.1 Å². The van der Waals surface area contributed by atoms with Crippen LogP contribution in [-0.2, 0) is 9.53 Å². The lowest BCUT2D eigenvalue weighted by molar-refractivity contribution is -0.124. The second-order valence-electron chi connectivity index (χ2n) is 14.1. The summed E-state index contributed by atoms with van der Waals surface area (Å²) in [5.74, 6) is 2.05. The molecule has 3 aliphatic rings. The predicted molar refractivity (Wildman–Crippen MR) is 181 cm³/mol. The van der Waals surface area contributed by atoms with Gasteiger partial charge >= 0.3 is 6.09 Å². The van der Waals surface area contributed by atoms with Crippen molar-refractivity contribution in [1.29, 1.82) is 0 Å². The Kier molecular flexibility index (Phi) is 10.00. The molecular formula is C38H50N4O4. The number of rotatable bonds is 10. The molecule has 8 nitrogen and oxygen atoms in total. The monoisotopic (exact) mass is 626 g/mol. The van der Waals surface area contributed by atoms with Crippen LogP contribution in [0.4, 0.5) is 10.5 Å². The number of ether oxygens (including phenoxy) is 2. The fourth-order valence-electron chi connectivity index (χ4n) is 7.36. The minimum absolute atomic E-state index is 0.0353. The number of carbonyl (C=O) groups is 2. The largest absolute Gasteiger partial charge is 0.496 e. The van der Waals surface area contributed by atoms with Gasteiger partial charge in [0.1, 0.15) is 11.9 Å². The van der Waals surface area contributed by atoms with Crippen LogP contribution in [0.1, 0.15) is 101 Å². The molecule has 246 valence electrons. The van der Waals surface area contributed by atoms with Gasteiger partial charge in [-0.15, -0.1) is 0 Å². The molecule has 3 aliphatic carbocycles. The van der Waals surface area contributed by atoms with E-state index in [2.05, 4.69) is 75.6 Å². The van der Waals surface area contributed by atoms with Gasteiger partial charge in [0, 0.05) is 36.0 Å². The smallest absolute Gasteiger partial charge is 0.407 e. The van der Waals surface area contributed by atoms with Crippen molar-refractivity contribution in [3.63, 3.8) is 0 Å². The highest BCUT2D eigenvalue weighted by molar-refractivity contribution is 5.95. The molecule has 1 N–H and O–H groups in total. The van der Waals surface area contributed by atoms with Crippen LogP contribution in [0.3, 0.4) is 0 Å². The molecule has 2 aromatic carbocycles. The lowest BCUT2D eigenvalue weighted by atomic mass is 9.78. The third kappa shape index (κ3) is 7.76. The van der Waals surface area contributed by atoms with Crippen LogP contribution in [0, 0.1) is 18.8 Å². The summed E-state index contributed by atoms with van der Waals surface area (Å²) in [6, 6.07) is 15.6. The van der Waals surface area contributed by atoms with Crippen LogP contribution in [0.2, 0.25) is 0 Å². The number of benzene rings is 2. The quantitative estimate of drug-likeness (QED) is 0.245. The molecule has 0 spiro atoms. The first-order chi connectivity index (χ1) is 22.3. The Hall–Kier alpha value is -3.81. The molecule has 0 unspecified atom stereocenters. The molecule has 6 rings (SSSR count). The molecule has 0 aliphatic heterocycles. The summed E-state index contributed by atoms with van der Waals surface area (Å²) >= 11 is 0. The first kappa shape index (κ1) is 32.1. The number of alkyl carbamates (subject to hydrolysis) is 1. The minimum atomic E-state index is -0.367. The van der Waals surface area contributed by atoms with Crippen molar-refractivity contribution in [1.82, 2.24) is 15.1 Å². The van der Waals surface area contributed by atoms with Gasteiger partial charge in [0.15, 0.2) is 0 Å². The number of aromatic nitrogens is 2. The van der Waals surface area contributed by atoms with E-state index in [4.69, 9.17) is 9.47 Å². The predicted octanol–water partition coefficient (Wildman–Crippen LogP) is 8.20. The van der Waals surface area contributed by atoms with Gasteiger partial charge in [0.2, 0.25) is 5.91 Å². The fraction of sp³-hybridized carbons (Fsp3) is 0.553. The Balaban J connectivity index is 1.16. The summed E-state index contributed by atoms with van der Waals surface area (Å²) in [4.78, 5) is 28.6. The van der Waals surface area contributed by atoms with Gasteiger partial charge in [-0.25, -0.2) is 4.79 Å². The molecule has 0 bridgehead atoms. The Morgan fingerprint density at radius 3 is 2.39 bits per heavy atom. The highest BCUT2D eigenvalue weighted by Gasteiger charge is 2.34. The number of amides is 2. The molecule has 3 fully saturated rings. The minimum Gasteiger partial charge on any atom is -0.496 e. The van der Waals surface area contributed by atoms with Gasteiger partial charge in [-0.3, -0.25) is 9.48 Å². The summed E-state index contributed by atoms with van der Waals surface area (Å²) in [6.07, 6.45) is 13.3. The third-order valence-electron chi connectivity index (χ3n) is 10.2. The lowest BCUT2D eigenvalue weighted by Crippen LogP contribution is -2.42. The van der Waals surface area contributed by atoms with E-state index in [1.54, 1.807) is 7.11 Å². The second kappa shape index (κ2) is 14.3. The number of hydrogen-bond acceptors (Lipinski definition) is 5. The average molecular weight is 627 g/mol. The van der Waals surface area contributed by atoms with Crippen molar-refractivity contribution in [2.24, 2.45) is 11.8 Å². The van der Waals surface area contributed by atoms with Crippen molar-refractivity contribution in [2.45, 2.75) is 109 Å². The van der Waals surface area contributed by atoms with Gasteiger partial charge in [-0.05, 0) is 132 Å². The molecule has 0 radical (unpaired) electrons. The summed E-state index contributed by atoms with van der Waals surface area (Å²) in [5.41, 5.74) is 5.72. The van der Waals surface area contributed by atoms with Crippen LogP contribution in [0.25, 0.3) is 11.1 Å². The van der Waals surface area contributed by atoms with Crippen LogP contribution < -0.4 is 15.0 Å². The standard InChI is InChI=1S/C38H50N4O4/c1-25(2)40-38(44)46-35-17-12-29(13-18-35)37(43)41(34-7-5-6-30(21-34)32-22-39-42(24-32)33-15-16-33)23-27-8-10-28(11-9-27)31-14-19-36(45-4)26(3)20-31/h5-7,14,19-22,24-25,27-29,33,35H,8-13,15-18,23H2,1-4H3,(H,40,44)/t27-,28-,29-,35-. The van der Waals surface area contributed by atoms with Crippen LogP contribution in [-0.4, -0.2) is 47.6 Å². The first-order valence-corrected chi connectivity index (χ1v) is 17.3. The van der Waals surface area contributed by atoms with E-state index in [9.17, 15) is 9.59 Å². The van der Waals surface area contributed by atoms with Gasteiger partial charge in [0.25, 0.3) is 0 Å². The van der Waals surface area contributed by atoms with Crippen LogP contribution >= 0.6 is 0 Å². The summed E-state index contributed by atoms with van der Waals surface area (Å²) in [7, 11) is 1.73. The van der Waals surface area contributed by atoms with E-state index < -0.39 is 0 Å². The number of methoxy groups -OCH3 is 1. The molecule has 2 amide bonds. The fourth-order valence-corrected chi connectivity index (χ4v) is 7.36. The van der Waals surface area contributed by atoms with Gasteiger partial charge in [-0.1, -0.05) is 24.3 Å². The maximum atomic E-state index is 14.4. The number of carbonyl (C=O) groups excluding carboxylic acids is 2. The van der Waals surface area contributed by atoms with Gasteiger partial charge < -0.3 is 19.7 Å². The highest BCUT2D eigenvalue weighted by Crippen LogP contribution is 2.40. The molecular weight excluding hydrogens is 576 g/mol. The number of nitrogens with zero attached hydrogens (tertiary/aromatic N) is 3. The van der Waals surface area contributed by atoms with E-state index in [-0.39, 0.29) is 30.1 Å². The van der Waals surface area contributed by atoms with Gasteiger partial charge in [0.05, 0.1) is 19.3 Å². The number of aryl methyl sites for hydroxylation is 1. The Morgan fingerprint density at radius 2 is 1.72 bits per heavy atom. The summed E-state index contributed by atoms with van der Waals surface area (Å²) in [5, 5.41) is 7.42. The van der Waals surface area contributed by atoms with E-state index >= 15 is 0 Å². The first-order valence-electron chi connectivity index (χ1n) is 17.3. The highest BCUT2D eigenvalue weighted by atomic mass is 16.6. The van der Waals surface area contributed by atoms with Crippen molar-refractivity contribution in [2.75, 3.05) is 18.6 Å². The average Bonchev–Trinajstić information content (AvgIpc) is 3.79. The van der Waals surface area contributed by atoms with Crippen molar-refractivity contribution >= 4 is 17.7 Å². The van der Waals surface area contributed by atoms with E-state index in [0.29, 0.717) is 30.7 Å². The Morgan fingerprint density at radius 1 is 0.957 bits per heavy atom. The molecule has 0 saturated heterocycles. The van der Waals surface area contributed by atoms with E-state index in [0.717, 1.165) is 67.6 Å². The van der Waals surface area contributed by atoms with Crippen molar-refractivity contribution in [3.8, 4) is 16.9 Å². The molecule has 1 heterocycles. The number of anilines is 1. The van der Waals surface area contributed by atoms with E-state index in [1.165, 1.54) is 24.0 Å². The van der Waals surface area contributed by atoms with E-state index in [1.807, 2.05) is 20.0 Å². The summed E-state index contributed by atoms with van der Waals surface area (Å²) in [6.45, 7) is 6.69. The number of nitrogens with one attached hydrogen (secondary N) is 1. The Labute approximate surface area is 273 Å². The van der Waals surface area contributed by atoms with Gasteiger partial charge in [-0.2, -0.15) is 5.10 Å². The Bertz CT molecular complexity index is 1500. The zero-order chi connectivity index (χ0) is 32.2. The maximum absolute atomic E-state index is 14.4.